The second-order valence-corrected chi connectivity index (χ2v) is 14.2. The Morgan fingerprint density at radius 1 is 1.00 bits per heavy atom. The van der Waals surface area contributed by atoms with Crippen molar-refractivity contribution < 1.29 is 30.3 Å². The molecule has 1 unspecified atom stereocenters. The third-order valence-electron chi connectivity index (χ3n) is 2.56. The molecule has 0 aliphatic rings. The minimum atomic E-state index is -4.21. The maximum Gasteiger partial charge on any atom is 0.488 e. The molecule has 10 heteroatoms. The van der Waals surface area contributed by atoms with E-state index in [1.165, 1.54) is 0 Å². The van der Waals surface area contributed by atoms with E-state index in [4.69, 9.17) is 17.1 Å². The first-order valence-corrected chi connectivity index (χ1v) is 14.7. The zero-order valence-electron chi connectivity index (χ0n) is 13.7. The van der Waals surface area contributed by atoms with Crippen LogP contribution in [0.2, 0.25) is 32.2 Å². The van der Waals surface area contributed by atoms with Crippen molar-refractivity contribution in [1.82, 2.24) is 0 Å². The Hall–Kier alpha value is 0.281. The van der Waals surface area contributed by atoms with Gasteiger partial charge in [-0.2, -0.15) is 13.2 Å². The Morgan fingerprint density at radius 2 is 1.48 bits per heavy atom. The smallest absolute Gasteiger partial charge is 0.439 e. The van der Waals surface area contributed by atoms with Crippen molar-refractivity contribution in [3.63, 3.8) is 0 Å². The highest BCUT2D eigenvalue weighted by molar-refractivity contribution is 6.81. The molecule has 0 saturated carbocycles. The summed E-state index contributed by atoms with van der Waals surface area (Å²) in [6, 6.07) is -0.135. The largest absolute Gasteiger partial charge is 0.488 e. The normalized spacial score (nSPS) is 16.3. The van der Waals surface area contributed by atoms with E-state index in [-0.39, 0.29) is 6.04 Å². The van der Waals surface area contributed by atoms with E-state index >= 15 is 0 Å². The van der Waals surface area contributed by atoms with E-state index in [1.54, 1.807) is 26.9 Å². The molecule has 0 aromatic rings. The molecule has 4 nitrogen and oxygen atoms in total. The minimum Gasteiger partial charge on any atom is -0.439 e. The van der Waals surface area contributed by atoms with Crippen LogP contribution in [0.3, 0.4) is 0 Å². The van der Waals surface area contributed by atoms with Crippen LogP contribution >= 0.6 is 0 Å². The van der Waals surface area contributed by atoms with Gasteiger partial charge in [-0.1, -0.05) is 0 Å². The van der Waals surface area contributed by atoms with Crippen LogP contribution in [-0.4, -0.2) is 45.8 Å². The van der Waals surface area contributed by atoms with Gasteiger partial charge in [0.1, 0.15) is 0 Å². The van der Waals surface area contributed by atoms with Crippen molar-refractivity contribution in [2.75, 3.05) is 13.2 Å². The molecule has 0 radical (unpaired) electrons. The highest BCUT2D eigenvalue weighted by Crippen LogP contribution is 2.30. The van der Waals surface area contributed by atoms with Crippen LogP contribution < -0.4 is 0 Å². The van der Waals surface area contributed by atoms with Gasteiger partial charge < -0.3 is 17.1 Å². The topological polar surface area (TPSA) is 36.9 Å². The van der Waals surface area contributed by atoms with Gasteiger partial charge in [0.2, 0.25) is 0 Å². The van der Waals surface area contributed by atoms with Gasteiger partial charge in [0.15, 0.2) is 9.04 Å². The molecule has 0 heterocycles. The lowest BCUT2D eigenvalue weighted by Crippen LogP contribution is -2.55. The lowest BCUT2D eigenvalue weighted by Gasteiger charge is -2.37. The quantitative estimate of drug-likeness (QED) is 0.554. The number of hydrogen-bond acceptors (Lipinski definition) is 4. The molecular formula is C11H27F3O4Si3. The number of rotatable bonds is 10. The Balaban J connectivity index is 5.01. The predicted molar refractivity (Wildman–Crippen MR) is 83.0 cm³/mol. The minimum absolute atomic E-state index is 0.135. The summed E-state index contributed by atoms with van der Waals surface area (Å²) in [7, 11) is -7.47. The summed E-state index contributed by atoms with van der Waals surface area (Å²) in [6.45, 7) is 11.6. The van der Waals surface area contributed by atoms with Crippen molar-refractivity contribution >= 4 is 26.4 Å². The van der Waals surface area contributed by atoms with E-state index in [0.717, 1.165) is 0 Å². The lowest BCUT2D eigenvalue weighted by molar-refractivity contribution is -0.131. The fraction of sp³-hybridized carbons (Fsp3) is 1.00. The third-order valence-corrected chi connectivity index (χ3v) is 12.4. The van der Waals surface area contributed by atoms with Crippen LogP contribution in [0.15, 0.2) is 0 Å². The first-order valence-electron chi connectivity index (χ1n) is 7.18. The highest BCUT2D eigenvalue weighted by atomic mass is 28.5. The molecule has 0 amide bonds. The van der Waals surface area contributed by atoms with Gasteiger partial charge in [0, 0.05) is 26.2 Å². The van der Waals surface area contributed by atoms with Crippen LogP contribution in [0.5, 0.6) is 0 Å². The molecule has 128 valence electrons. The highest BCUT2D eigenvalue weighted by Gasteiger charge is 2.47. The second kappa shape index (κ2) is 8.79. The average molecular weight is 365 g/mol. The molecule has 0 N–H and O–H groups in total. The second-order valence-electron chi connectivity index (χ2n) is 5.25. The zero-order chi connectivity index (χ0) is 16.7. The molecule has 0 rings (SSSR count). The summed E-state index contributed by atoms with van der Waals surface area (Å²) in [4.78, 5) is 0. The predicted octanol–water partition coefficient (Wildman–Crippen LogP) is 3.67. The molecule has 0 aliphatic carbocycles. The number of alkyl halides is 3. The monoisotopic (exact) mass is 364 g/mol. The van der Waals surface area contributed by atoms with Gasteiger partial charge >= 0.3 is 23.5 Å². The van der Waals surface area contributed by atoms with Crippen molar-refractivity contribution in [2.45, 2.75) is 58.7 Å². The van der Waals surface area contributed by atoms with E-state index in [0.29, 0.717) is 13.2 Å². The maximum atomic E-state index is 12.5. The van der Waals surface area contributed by atoms with Crippen molar-refractivity contribution in [1.29, 1.82) is 0 Å². The van der Waals surface area contributed by atoms with Crippen molar-refractivity contribution in [3.05, 3.63) is 0 Å². The summed E-state index contributed by atoms with van der Waals surface area (Å²) in [6.07, 6.45) is -5.12. The standard InChI is InChI=1S/C11H27F3O4Si3/c1-7-15-21(6,16-8-2)18-20(5,17-19(3)4)10-9-11(12,13)14/h19H,7-10H2,1-6H3. The summed E-state index contributed by atoms with van der Waals surface area (Å²) in [5.74, 6) is 0. The summed E-state index contributed by atoms with van der Waals surface area (Å²) < 4.78 is 60.5. The fourth-order valence-corrected chi connectivity index (χ4v) is 13.0. The first kappa shape index (κ1) is 21.3. The van der Waals surface area contributed by atoms with Crippen molar-refractivity contribution in [2.24, 2.45) is 0 Å². The van der Waals surface area contributed by atoms with E-state index < -0.39 is 39.0 Å². The van der Waals surface area contributed by atoms with E-state index in [9.17, 15) is 13.2 Å². The molecule has 1 atom stereocenters. The van der Waals surface area contributed by atoms with Crippen LogP contribution in [0.4, 0.5) is 13.2 Å². The van der Waals surface area contributed by atoms with Gasteiger partial charge in [-0.05, 0) is 39.5 Å². The Bertz CT molecular complexity index is 299. The Morgan fingerprint density at radius 3 is 1.81 bits per heavy atom. The third kappa shape index (κ3) is 9.81. The number of halogens is 3. The SMILES string of the molecule is CCO[Si](C)(OCC)O[Si](C)(CCC(F)(F)F)O[SiH](C)C. The fourth-order valence-electron chi connectivity index (χ4n) is 2.02. The maximum absolute atomic E-state index is 12.5. The zero-order valence-corrected chi connectivity index (χ0v) is 16.8. The lowest BCUT2D eigenvalue weighted by atomic mass is 10.5. The first-order chi connectivity index (χ1) is 9.45. The summed E-state index contributed by atoms with van der Waals surface area (Å²) in [5.41, 5.74) is 0. The molecule has 0 saturated heterocycles. The molecule has 0 aromatic carbocycles. The molecule has 0 spiro atoms. The van der Waals surface area contributed by atoms with E-state index in [2.05, 4.69) is 0 Å². The van der Waals surface area contributed by atoms with Crippen LogP contribution in [0, 0.1) is 0 Å². The van der Waals surface area contributed by atoms with Crippen LogP contribution in [0.25, 0.3) is 0 Å². The van der Waals surface area contributed by atoms with E-state index in [1.807, 2.05) is 13.1 Å². The van der Waals surface area contributed by atoms with Crippen LogP contribution in [-0.2, 0) is 17.1 Å². The van der Waals surface area contributed by atoms with Gasteiger partial charge in [-0.3, -0.25) is 0 Å². The Labute approximate surface area is 129 Å². The van der Waals surface area contributed by atoms with Gasteiger partial charge in [-0.25, -0.2) is 0 Å². The molecular weight excluding hydrogens is 337 g/mol. The molecule has 21 heavy (non-hydrogen) atoms. The molecule has 0 fully saturated rings. The van der Waals surface area contributed by atoms with Gasteiger partial charge in [0.25, 0.3) is 0 Å². The van der Waals surface area contributed by atoms with Gasteiger partial charge in [0.05, 0.1) is 0 Å². The summed E-state index contributed by atoms with van der Waals surface area (Å²) in [5, 5.41) is 0. The molecule has 0 aliphatic heterocycles. The van der Waals surface area contributed by atoms with Crippen LogP contribution in [0.1, 0.15) is 20.3 Å². The molecule has 0 aromatic heterocycles. The Kier molecular flexibility index (Phi) is 8.91. The van der Waals surface area contributed by atoms with Gasteiger partial charge in [-0.15, -0.1) is 0 Å². The number of hydrogen-bond donors (Lipinski definition) is 0. The average Bonchev–Trinajstić information content (AvgIpc) is 2.24. The van der Waals surface area contributed by atoms with Crippen molar-refractivity contribution in [3.8, 4) is 0 Å². The summed E-state index contributed by atoms with van der Waals surface area (Å²) >= 11 is 0. The molecule has 0 bridgehead atoms.